The molecule has 4 rings (SSSR count). The molecule has 8 heteroatoms. The molecule has 2 aromatic heterocycles. The van der Waals surface area contributed by atoms with E-state index in [1.54, 1.807) is 11.3 Å². The van der Waals surface area contributed by atoms with Crippen LogP contribution >= 0.6 is 11.3 Å². The van der Waals surface area contributed by atoms with Gasteiger partial charge in [-0.1, -0.05) is 30.4 Å². The molecule has 1 fully saturated rings. The van der Waals surface area contributed by atoms with Crippen molar-refractivity contribution in [3.8, 4) is 0 Å². The maximum Gasteiger partial charge on any atom is 0.186 e. The molecule has 0 spiro atoms. The Morgan fingerprint density at radius 2 is 1.85 bits per heavy atom. The average molecular weight is 386 g/mol. The first-order chi connectivity index (χ1) is 13.0. The van der Waals surface area contributed by atoms with Crippen LogP contribution in [0.2, 0.25) is 0 Å². The lowest BCUT2D eigenvalue weighted by molar-refractivity contribution is 0.161. The van der Waals surface area contributed by atoms with Crippen molar-refractivity contribution < 1.29 is 0 Å². The van der Waals surface area contributed by atoms with Crippen LogP contribution in [0.1, 0.15) is 46.0 Å². The summed E-state index contributed by atoms with van der Waals surface area (Å²) in [5, 5.41) is 13.7. The van der Waals surface area contributed by atoms with Crippen molar-refractivity contribution in [2.24, 2.45) is 0 Å². The Hall–Kier alpha value is -2.06. The summed E-state index contributed by atoms with van der Waals surface area (Å²) in [6.07, 6.45) is 0.998. The fourth-order valence-corrected chi connectivity index (χ4v) is 4.72. The second-order valence-corrected chi connectivity index (χ2v) is 9.04. The van der Waals surface area contributed by atoms with Crippen LogP contribution in [0.4, 0.5) is 5.13 Å². The van der Waals surface area contributed by atoms with Gasteiger partial charge in [-0.25, -0.2) is 9.67 Å². The lowest BCUT2D eigenvalue weighted by Crippen LogP contribution is -2.48. The summed E-state index contributed by atoms with van der Waals surface area (Å²) in [6.45, 7) is 12.6. The maximum atomic E-state index is 4.81. The van der Waals surface area contributed by atoms with Gasteiger partial charge >= 0.3 is 0 Å². The third-order valence-corrected chi connectivity index (χ3v) is 6.22. The van der Waals surface area contributed by atoms with Crippen LogP contribution in [0.15, 0.2) is 24.3 Å². The van der Waals surface area contributed by atoms with Gasteiger partial charge in [0.25, 0.3) is 0 Å². The van der Waals surface area contributed by atoms with Gasteiger partial charge in [-0.2, -0.15) is 0 Å². The Balaban J connectivity index is 1.48. The largest absolute Gasteiger partial charge is 0.345 e. The number of benzene rings is 1. The quantitative estimate of drug-likeness (QED) is 0.687. The van der Waals surface area contributed by atoms with Crippen molar-refractivity contribution in [3.05, 3.63) is 30.1 Å². The van der Waals surface area contributed by atoms with E-state index < -0.39 is 0 Å². The highest BCUT2D eigenvalue weighted by Gasteiger charge is 2.31. The van der Waals surface area contributed by atoms with Crippen LogP contribution in [0.3, 0.4) is 0 Å². The molecule has 0 aliphatic carbocycles. The Kier molecular flexibility index (Phi) is 4.86. The minimum atomic E-state index is -0.116. The van der Waals surface area contributed by atoms with Crippen molar-refractivity contribution in [3.63, 3.8) is 0 Å². The molecule has 0 saturated carbocycles. The van der Waals surface area contributed by atoms with Crippen molar-refractivity contribution in [2.45, 2.75) is 45.7 Å². The predicted octanol–water partition coefficient (Wildman–Crippen LogP) is 3.31. The molecule has 0 bridgehead atoms. The molecule has 0 radical (unpaired) electrons. The Morgan fingerprint density at radius 1 is 1.11 bits per heavy atom. The van der Waals surface area contributed by atoms with E-state index in [2.05, 4.69) is 77.3 Å². The molecule has 27 heavy (non-hydrogen) atoms. The molecule has 1 atom stereocenters. The van der Waals surface area contributed by atoms with E-state index in [-0.39, 0.29) is 11.6 Å². The zero-order chi connectivity index (χ0) is 19.0. The first kappa shape index (κ1) is 18.3. The lowest BCUT2D eigenvalue weighted by atomic mass is 10.1. The van der Waals surface area contributed by atoms with E-state index in [0.29, 0.717) is 0 Å². The van der Waals surface area contributed by atoms with E-state index in [4.69, 9.17) is 4.98 Å². The molecule has 1 aromatic carbocycles. The van der Waals surface area contributed by atoms with Gasteiger partial charge < -0.3 is 4.90 Å². The smallest absolute Gasteiger partial charge is 0.186 e. The SMILES string of the molecule is CCC(c1nnnn1C(C)(C)C)N1CCN(c2nc3ccccc3s2)CC1. The van der Waals surface area contributed by atoms with Crippen molar-refractivity contribution in [2.75, 3.05) is 31.1 Å². The lowest BCUT2D eigenvalue weighted by Gasteiger charge is -2.39. The van der Waals surface area contributed by atoms with Crippen molar-refractivity contribution in [1.29, 1.82) is 0 Å². The monoisotopic (exact) mass is 385 g/mol. The summed E-state index contributed by atoms with van der Waals surface area (Å²) in [5.41, 5.74) is 0.977. The van der Waals surface area contributed by atoms with Gasteiger partial charge in [0.1, 0.15) is 0 Å². The average Bonchev–Trinajstić information content (AvgIpc) is 3.30. The van der Waals surface area contributed by atoms with Crippen LogP contribution in [0.25, 0.3) is 10.2 Å². The molecule has 0 amide bonds. The number of tetrazole rings is 1. The normalized spacial score (nSPS) is 17.6. The standard InChI is InChI=1S/C19H27N7S/c1-5-15(17-21-22-23-26(17)19(2,3)4)24-10-12-25(13-11-24)18-20-14-8-6-7-9-16(14)27-18/h6-9,15H,5,10-13H2,1-4H3. The third-order valence-electron chi connectivity index (χ3n) is 5.12. The minimum Gasteiger partial charge on any atom is -0.345 e. The van der Waals surface area contributed by atoms with Crippen LogP contribution < -0.4 is 4.90 Å². The Labute approximate surface area is 164 Å². The minimum absolute atomic E-state index is 0.116. The Bertz CT molecular complexity index is 869. The van der Waals surface area contributed by atoms with Gasteiger partial charge in [-0.15, -0.1) is 5.10 Å². The zero-order valence-electron chi connectivity index (χ0n) is 16.5. The summed E-state index contributed by atoms with van der Waals surface area (Å²) < 4.78 is 3.23. The second-order valence-electron chi connectivity index (χ2n) is 8.03. The molecule has 1 unspecified atom stereocenters. The number of hydrogen-bond donors (Lipinski definition) is 0. The van der Waals surface area contributed by atoms with E-state index >= 15 is 0 Å². The van der Waals surface area contributed by atoms with Crippen molar-refractivity contribution in [1.82, 2.24) is 30.1 Å². The topological polar surface area (TPSA) is 63.0 Å². The Morgan fingerprint density at radius 3 is 2.52 bits per heavy atom. The number of rotatable bonds is 4. The molecule has 0 N–H and O–H groups in total. The number of nitrogens with zero attached hydrogens (tertiary/aromatic N) is 7. The van der Waals surface area contributed by atoms with E-state index in [9.17, 15) is 0 Å². The highest BCUT2D eigenvalue weighted by molar-refractivity contribution is 7.22. The summed E-state index contributed by atoms with van der Waals surface area (Å²) in [7, 11) is 0. The number of anilines is 1. The van der Waals surface area contributed by atoms with Crippen LogP contribution in [0.5, 0.6) is 0 Å². The zero-order valence-corrected chi connectivity index (χ0v) is 17.3. The van der Waals surface area contributed by atoms with E-state index in [0.717, 1.165) is 49.1 Å². The maximum absolute atomic E-state index is 4.81. The fourth-order valence-electron chi connectivity index (χ4n) is 3.70. The van der Waals surface area contributed by atoms with Crippen LogP contribution in [-0.4, -0.2) is 56.3 Å². The highest BCUT2D eigenvalue weighted by atomic mass is 32.1. The van der Waals surface area contributed by atoms with Gasteiger partial charge in [0.05, 0.1) is 21.8 Å². The molecule has 1 aliphatic rings. The number of piperazine rings is 1. The number of thiazole rings is 1. The summed E-state index contributed by atoms with van der Waals surface area (Å²) in [6, 6.07) is 8.61. The number of para-hydroxylation sites is 1. The molecule has 7 nitrogen and oxygen atoms in total. The van der Waals surface area contributed by atoms with Crippen LogP contribution in [-0.2, 0) is 5.54 Å². The molecule has 1 aliphatic heterocycles. The number of aromatic nitrogens is 5. The summed E-state index contributed by atoms with van der Waals surface area (Å²) in [5.74, 6) is 0.971. The predicted molar refractivity (Wildman–Crippen MR) is 109 cm³/mol. The molecular formula is C19H27N7S. The molecule has 3 heterocycles. The summed E-state index contributed by atoms with van der Waals surface area (Å²) in [4.78, 5) is 9.73. The van der Waals surface area contributed by atoms with E-state index in [1.165, 1.54) is 4.70 Å². The number of hydrogen-bond acceptors (Lipinski definition) is 7. The first-order valence-electron chi connectivity index (χ1n) is 9.60. The number of fused-ring (bicyclic) bond motifs is 1. The van der Waals surface area contributed by atoms with Gasteiger partial charge in [0.2, 0.25) is 0 Å². The van der Waals surface area contributed by atoms with Gasteiger partial charge in [0, 0.05) is 26.2 Å². The van der Waals surface area contributed by atoms with Gasteiger partial charge in [0.15, 0.2) is 11.0 Å². The second kappa shape index (κ2) is 7.16. The fraction of sp³-hybridized carbons (Fsp3) is 0.579. The molecule has 1 saturated heterocycles. The molecular weight excluding hydrogens is 358 g/mol. The first-order valence-corrected chi connectivity index (χ1v) is 10.4. The van der Waals surface area contributed by atoms with Gasteiger partial charge in [-0.05, 0) is 49.8 Å². The highest BCUT2D eigenvalue weighted by Crippen LogP contribution is 2.31. The third kappa shape index (κ3) is 3.55. The van der Waals surface area contributed by atoms with Crippen molar-refractivity contribution >= 4 is 26.7 Å². The van der Waals surface area contributed by atoms with Gasteiger partial charge in [-0.3, -0.25) is 4.90 Å². The van der Waals surface area contributed by atoms with E-state index in [1.807, 2.05) is 4.68 Å². The summed E-state index contributed by atoms with van der Waals surface area (Å²) >= 11 is 1.78. The van der Waals surface area contributed by atoms with Crippen LogP contribution in [0, 0.1) is 0 Å². The molecule has 144 valence electrons. The molecule has 3 aromatic rings.